The van der Waals surface area contributed by atoms with E-state index in [1.807, 2.05) is 4.90 Å². The first-order valence-electron chi connectivity index (χ1n) is 12.1. The van der Waals surface area contributed by atoms with Crippen LogP contribution in [0.3, 0.4) is 0 Å². The van der Waals surface area contributed by atoms with Crippen LogP contribution in [0.4, 0.5) is 0 Å². The maximum atomic E-state index is 13.1. The molecule has 4 atom stereocenters. The second-order valence-corrected chi connectivity index (χ2v) is 9.48. The van der Waals surface area contributed by atoms with Crippen molar-refractivity contribution in [3.05, 3.63) is 0 Å². The van der Waals surface area contributed by atoms with Gasteiger partial charge >= 0.3 is 0 Å². The van der Waals surface area contributed by atoms with E-state index in [2.05, 4.69) is 9.80 Å². The fourth-order valence-electron chi connectivity index (χ4n) is 6.42. The van der Waals surface area contributed by atoms with Gasteiger partial charge in [-0.25, -0.2) is 0 Å². The molecule has 2 amide bonds. The van der Waals surface area contributed by atoms with Gasteiger partial charge in [0.05, 0.1) is 26.2 Å². The van der Waals surface area contributed by atoms with E-state index in [-0.39, 0.29) is 17.9 Å². The van der Waals surface area contributed by atoms with Gasteiger partial charge in [-0.15, -0.1) is 0 Å². The number of hydrogen-bond donors (Lipinski definition) is 0. The van der Waals surface area contributed by atoms with Crippen molar-refractivity contribution < 1.29 is 19.1 Å². The minimum atomic E-state index is 0.238. The summed E-state index contributed by atoms with van der Waals surface area (Å²) in [5.41, 5.74) is 0. The minimum Gasteiger partial charge on any atom is -0.384 e. The van der Waals surface area contributed by atoms with Crippen LogP contribution in [0.25, 0.3) is 0 Å². The summed E-state index contributed by atoms with van der Waals surface area (Å²) in [6.07, 6.45) is 7.81. The molecule has 0 aliphatic carbocycles. The minimum absolute atomic E-state index is 0.238. The lowest BCUT2D eigenvalue weighted by atomic mass is 9.69. The highest BCUT2D eigenvalue weighted by atomic mass is 16.5. The van der Waals surface area contributed by atoms with Crippen molar-refractivity contribution in [2.45, 2.75) is 63.5 Å². The summed E-state index contributed by atoms with van der Waals surface area (Å²) >= 11 is 0. The fourth-order valence-corrected chi connectivity index (χ4v) is 6.42. The zero-order valence-electron chi connectivity index (χ0n) is 18.6. The van der Waals surface area contributed by atoms with E-state index in [4.69, 9.17) is 9.47 Å². The van der Waals surface area contributed by atoms with Crippen molar-refractivity contribution in [2.24, 2.45) is 11.8 Å². The van der Waals surface area contributed by atoms with E-state index < -0.39 is 0 Å². The summed E-state index contributed by atoms with van der Waals surface area (Å²) in [4.78, 5) is 32.5. The highest BCUT2D eigenvalue weighted by Crippen LogP contribution is 2.43. The molecule has 0 bridgehead atoms. The Bertz CT molecular complexity index is 593. The zero-order valence-corrected chi connectivity index (χ0v) is 18.6. The molecule has 7 heteroatoms. The Morgan fingerprint density at radius 3 is 2.53 bits per heavy atom. The molecule has 170 valence electrons. The Morgan fingerprint density at radius 1 is 1.00 bits per heavy atom. The Labute approximate surface area is 181 Å². The van der Waals surface area contributed by atoms with Crippen LogP contribution in [0.1, 0.15) is 51.4 Å². The molecule has 4 aliphatic heterocycles. The predicted molar refractivity (Wildman–Crippen MR) is 114 cm³/mol. The lowest BCUT2D eigenvalue weighted by molar-refractivity contribution is -0.147. The summed E-state index contributed by atoms with van der Waals surface area (Å²) < 4.78 is 10.6. The first kappa shape index (κ1) is 22.0. The molecular weight excluding hydrogens is 382 g/mol. The average Bonchev–Trinajstić information content (AvgIpc) is 2.79. The van der Waals surface area contributed by atoms with E-state index in [1.54, 1.807) is 7.11 Å². The molecule has 4 heterocycles. The number of ether oxygens (including phenoxy) is 2. The van der Waals surface area contributed by atoms with Crippen LogP contribution < -0.4 is 0 Å². The molecule has 0 unspecified atom stereocenters. The van der Waals surface area contributed by atoms with E-state index in [1.165, 1.54) is 38.8 Å². The first-order chi connectivity index (χ1) is 14.7. The molecule has 0 saturated carbocycles. The van der Waals surface area contributed by atoms with Crippen molar-refractivity contribution in [1.82, 2.24) is 14.7 Å². The molecule has 0 aromatic heterocycles. The number of amides is 2. The van der Waals surface area contributed by atoms with Gasteiger partial charge in [-0.05, 0) is 63.5 Å². The molecule has 0 radical (unpaired) electrons. The Kier molecular flexibility index (Phi) is 7.65. The van der Waals surface area contributed by atoms with Gasteiger partial charge in [0.2, 0.25) is 11.8 Å². The SMILES string of the molecule is COCCC(=O)N1C[C@@H]2CCCN3CCC[C@@H]([C@H]23)[C@H]1CCCC(=O)N1CCOCC1. The third-order valence-corrected chi connectivity index (χ3v) is 7.77. The van der Waals surface area contributed by atoms with Crippen molar-refractivity contribution in [1.29, 1.82) is 0 Å². The molecule has 4 rings (SSSR count). The quantitative estimate of drug-likeness (QED) is 0.627. The van der Waals surface area contributed by atoms with Crippen LogP contribution in [0.15, 0.2) is 0 Å². The smallest absolute Gasteiger partial charge is 0.225 e. The number of carbonyl (C=O) groups is 2. The lowest BCUT2D eigenvalue weighted by Gasteiger charge is -2.57. The van der Waals surface area contributed by atoms with E-state index in [0.717, 1.165) is 19.4 Å². The molecule has 7 nitrogen and oxygen atoms in total. The monoisotopic (exact) mass is 421 g/mol. The molecule has 4 fully saturated rings. The van der Waals surface area contributed by atoms with Crippen molar-refractivity contribution in [2.75, 3.05) is 59.7 Å². The third kappa shape index (κ3) is 4.83. The van der Waals surface area contributed by atoms with Crippen LogP contribution in [0.5, 0.6) is 0 Å². The van der Waals surface area contributed by atoms with Gasteiger partial charge in [-0.2, -0.15) is 0 Å². The number of likely N-dealkylation sites (tertiary alicyclic amines) is 1. The van der Waals surface area contributed by atoms with Crippen LogP contribution in [0, 0.1) is 11.8 Å². The second-order valence-electron chi connectivity index (χ2n) is 9.48. The summed E-state index contributed by atoms with van der Waals surface area (Å²) in [7, 11) is 1.66. The highest BCUT2D eigenvalue weighted by Gasteiger charge is 2.49. The van der Waals surface area contributed by atoms with Gasteiger partial charge in [0.25, 0.3) is 0 Å². The summed E-state index contributed by atoms with van der Waals surface area (Å²) in [5.74, 6) is 1.65. The van der Waals surface area contributed by atoms with Crippen LogP contribution in [-0.4, -0.2) is 98.3 Å². The highest BCUT2D eigenvalue weighted by molar-refractivity contribution is 5.77. The van der Waals surface area contributed by atoms with Gasteiger partial charge in [-0.3, -0.25) is 14.5 Å². The Morgan fingerprint density at radius 2 is 1.77 bits per heavy atom. The summed E-state index contributed by atoms with van der Waals surface area (Å²) in [5, 5.41) is 0. The van der Waals surface area contributed by atoms with Crippen LogP contribution in [-0.2, 0) is 19.1 Å². The first-order valence-corrected chi connectivity index (χ1v) is 12.1. The van der Waals surface area contributed by atoms with Gasteiger partial charge in [-0.1, -0.05) is 0 Å². The lowest BCUT2D eigenvalue weighted by Crippen LogP contribution is -2.65. The predicted octanol–water partition coefficient (Wildman–Crippen LogP) is 1.75. The zero-order chi connectivity index (χ0) is 20.9. The normalized spacial score (nSPS) is 32.0. The average molecular weight is 422 g/mol. The Balaban J connectivity index is 1.42. The summed E-state index contributed by atoms with van der Waals surface area (Å²) in [6.45, 7) is 6.55. The van der Waals surface area contributed by atoms with Crippen LogP contribution >= 0.6 is 0 Å². The number of methoxy groups -OCH3 is 1. The topological polar surface area (TPSA) is 62.3 Å². The molecule has 30 heavy (non-hydrogen) atoms. The molecule has 0 spiro atoms. The number of nitrogens with zero attached hydrogens (tertiary/aromatic N) is 3. The molecule has 0 N–H and O–H groups in total. The number of morpholine rings is 1. The second kappa shape index (κ2) is 10.4. The standard InChI is InChI=1S/C23H39N3O4/c1-29-14-9-22(28)26-17-18-5-3-10-25-11-4-6-19(23(18)25)20(26)7-2-8-21(27)24-12-15-30-16-13-24/h18-20,23H,2-17H2,1H3/t18-,19+,20+,23-/m0/s1. The van der Waals surface area contributed by atoms with E-state index >= 15 is 0 Å². The van der Waals surface area contributed by atoms with E-state index in [0.29, 0.717) is 63.6 Å². The van der Waals surface area contributed by atoms with Gasteiger partial charge < -0.3 is 19.3 Å². The molecular formula is C23H39N3O4. The molecule has 4 saturated heterocycles. The molecule has 0 aromatic rings. The van der Waals surface area contributed by atoms with Gasteiger partial charge in [0.1, 0.15) is 0 Å². The maximum Gasteiger partial charge on any atom is 0.225 e. The fraction of sp³-hybridized carbons (Fsp3) is 0.913. The van der Waals surface area contributed by atoms with Crippen molar-refractivity contribution in [3.63, 3.8) is 0 Å². The van der Waals surface area contributed by atoms with Crippen molar-refractivity contribution >= 4 is 11.8 Å². The van der Waals surface area contributed by atoms with E-state index in [9.17, 15) is 9.59 Å². The molecule has 0 aromatic carbocycles. The number of hydrogen-bond acceptors (Lipinski definition) is 5. The van der Waals surface area contributed by atoms with Crippen LogP contribution in [0.2, 0.25) is 0 Å². The van der Waals surface area contributed by atoms with Gasteiger partial charge in [0, 0.05) is 45.2 Å². The van der Waals surface area contributed by atoms with Gasteiger partial charge in [0.15, 0.2) is 0 Å². The maximum absolute atomic E-state index is 13.1. The number of carbonyl (C=O) groups excluding carboxylic acids is 2. The number of piperidine rings is 3. The van der Waals surface area contributed by atoms with Crippen molar-refractivity contribution in [3.8, 4) is 0 Å². The number of rotatable bonds is 7. The largest absolute Gasteiger partial charge is 0.384 e. The third-order valence-electron chi connectivity index (χ3n) is 7.77. The summed E-state index contributed by atoms with van der Waals surface area (Å²) in [6, 6.07) is 0.910. The molecule has 4 aliphatic rings. The Hall–Kier alpha value is -1.18.